The Kier molecular flexibility index (Phi) is 3.18. The molecule has 0 aliphatic rings. The fourth-order valence-corrected chi connectivity index (χ4v) is 2.07. The van der Waals surface area contributed by atoms with Gasteiger partial charge in [-0.2, -0.15) is 5.26 Å². The van der Waals surface area contributed by atoms with E-state index in [0.717, 1.165) is 5.69 Å². The molecule has 0 aliphatic heterocycles. The van der Waals surface area contributed by atoms with Gasteiger partial charge in [0.25, 0.3) is 0 Å². The van der Waals surface area contributed by atoms with Crippen molar-refractivity contribution >= 4 is 17.0 Å². The van der Waals surface area contributed by atoms with Gasteiger partial charge in [-0.25, -0.2) is 0 Å². The lowest BCUT2D eigenvalue weighted by Gasteiger charge is -2.13. The van der Waals surface area contributed by atoms with Crippen LogP contribution in [-0.2, 0) is 0 Å². The van der Waals surface area contributed by atoms with E-state index in [1.165, 1.54) is 4.88 Å². The van der Waals surface area contributed by atoms with E-state index in [4.69, 9.17) is 5.26 Å². The van der Waals surface area contributed by atoms with Crippen LogP contribution in [0.4, 0.5) is 5.69 Å². The highest BCUT2D eigenvalue weighted by Gasteiger charge is 2.06. The van der Waals surface area contributed by atoms with Gasteiger partial charge < -0.3 is 5.32 Å². The van der Waals surface area contributed by atoms with Gasteiger partial charge in [-0.1, -0.05) is 6.07 Å². The fourth-order valence-electron chi connectivity index (χ4n) is 1.44. The number of nitrogens with one attached hydrogen (secondary N) is 1. The summed E-state index contributed by atoms with van der Waals surface area (Å²) in [6.45, 7) is 2.08. The first-order chi connectivity index (χ1) is 7.79. The molecule has 0 saturated carbocycles. The molecular formula is C12H11N3S. The van der Waals surface area contributed by atoms with Gasteiger partial charge in [0.15, 0.2) is 0 Å². The largest absolute Gasteiger partial charge is 0.378 e. The third kappa shape index (κ3) is 2.38. The molecule has 0 aliphatic carbocycles. The molecule has 2 aromatic rings. The highest BCUT2D eigenvalue weighted by molar-refractivity contribution is 7.09. The van der Waals surface area contributed by atoms with Gasteiger partial charge in [0, 0.05) is 16.8 Å². The maximum Gasteiger partial charge on any atom is 0.0992 e. The van der Waals surface area contributed by atoms with Crippen LogP contribution in [-0.4, -0.2) is 4.98 Å². The maximum absolute atomic E-state index is 8.79. The number of nitrogens with zero attached hydrogens (tertiary/aromatic N) is 2. The van der Waals surface area contributed by atoms with E-state index in [1.54, 1.807) is 17.4 Å². The predicted molar refractivity (Wildman–Crippen MR) is 65.3 cm³/mol. The molecule has 4 heteroatoms. The maximum atomic E-state index is 8.79. The van der Waals surface area contributed by atoms with Crippen molar-refractivity contribution in [1.82, 2.24) is 4.98 Å². The molecule has 0 saturated heterocycles. The Morgan fingerprint density at radius 2 is 2.38 bits per heavy atom. The molecular weight excluding hydrogens is 218 g/mol. The van der Waals surface area contributed by atoms with Gasteiger partial charge in [0.1, 0.15) is 0 Å². The van der Waals surface area contributed by atoms with Gasteiger partial charge in [-0.15, -0.1) is 11.3 Å². The first-order valence-corrected chi connectivity index (χ1v) is 5.82. The second-order valence-electron chi connectivity index (χ2n) is 3.46. The van der Waals surface area contributed by atoms with Crippen molar-refractivity contribution in [2.45, 2.75) is 13.0 Å². The van der Waals surface area contributed by atoms with Crippen LogP contribution < -0.4 is 5.32 Å². The van der Waals surface area contributed by atoms with Crippen molar-refractivity contribution in [2.24, 2.45) is 0 Å². The zero-order valence-electron chi connectivity index (χ0n) is 8.84. The molecule has 1 N–H and O–H groups in total. The summed E-state index contributed by atoms with van der Waals surface area (Å²) in [4.78, 5) is 5.23. The van der Waals surface area contributed by atoms with Crippen LogP contribution in [0.3, 0.4) is 0 Å². The lowest BCUT2D eigenvalue weighted by atomic mass is 10.2. The topological polar surface area (TPSA) is 48.7 Å². The number of hydrogen-bond acceptors (Lipinski definition) is 4. The number of thiazole rings is 1. The average molecular weight is 229 g/mol. The van der Waals surface area contributed by atoms with Crippen LogP contribution in [0, 0.1) is 11.3 Å². The molecule has 1 heterocycles. The number of nitriles is 1. The Hall–Kier alpha value is -1.86. The fraction of sp³-hybridized carbons (Fsp3) is 0.167. The lowest BCUT2D eigenvalue weighted by Crippen LogP contribution is -2.04. The summed E-state index contributed by atoms with van der Waals surface area (Å²) in [6.07, 6.45) is 1.86. The van der Waals surface area contributed by atoms with E-state index in [1.807, 2.05) is 29.9 Å². The van der Waals surface area contributed by atoms with Crippen LogP contribution in [0.1, 0.15) is 23.4 Å². The SMILES string of the molecule is CC(Nc1cccc(C#N)c1)c1cncs1. The van der Waals surface area contributed by atoms with E-state index >= 15 is 0 Å². The lowest BCUT2D eigenvalue weighted by molar-refractivity contribution is 0.903. The smallest absolute Gasteiger partial charge is 0.0992 e. The average Bonchev–Trinajstić information content (AvgIpc) is 2.83. The van der Waals surface area contributed by atoms with Crippen LogP contribution in [0.15, 0.2) is 36.0 Å². The summed E-state index contributed by atoms with van der Waals surface area (Å²) in [6, 6.07) is 9.81. The summed E-state index contributed by atoms with van der Waals surface area (Å²) in [5, 5.41) is 12.1. The van der Waals surface area contributed by atoms with Gasteiger partial charge >= 0.3 is 0 Å². The number of hydrogen-bond donors (Lipinski definition) is 1. The quantitative estimate of drug-likeness (QED) is 0.879. The van der Waals surface area contributed by atoms with E-state index in [2.05, 4.69) is 23.3 Å². The van der Waals surface area contributed by atoms with Crippen LogP contribution in [0.5, 0.6) is 0 Å². The monoisotopic (exact) mass is 229 g/mol. The molecule has 0 amide bonds. The van der Waals surface area contributed by atoms with E-state index < -0.39 is 0 Å². The Labute approximate surface area is 98.4 Å². The van der Waals surface area contributed by atoms with E-state index in [9.17, 15) is 0 Å². The minimum atomic E-state index is 0.210. The molecule has 2 rings (SSSR count). The number of anilines is 1. The Morgan fingerprint density at radius 1 is 1.50 bits per heavy atom. The predicted octanol–water partition coefficient (Wildman–Crippen LogP) is 3.19. The highest BCUT2D eigenvalue weighted by Crippen LogP contribution is 2.22. The summed E-state index contributed by atoms with van der Waals surface area (Å²) in [5.74, 6) is 0. The summed E-state index contributed by atoms with van der Waals surface area (Å²) in [7, 11) is 0. The summed E-state index contributed by atoms with van der Waals surface area (Å²) >= 11 is 1.62. The molecule has 0 spiro atoms. The van der Waals surface area contributed by atoms with E-state index in [0.29, 0.717) is 5.56 Å². The van der Waals surface area contributed by atoms with Crippen molar-refractivity contribution < 1.29 is 0 Å². The second kappa shape index (κ2) is 4.77. The molecule has 1 aromatic heterocycles. The summed E-state index contributed by atoms with van der Waals surface area (Å²) < 4.78 is 0. The van der Waals surface area contributed by atoms with Crippen molar-refractivity contribution in [3.63, 3.8) is 0 Å². The molecule has 1 unspecified atom stereocenters. The zero-order chi connectivity index (χ0) is 11.4. The van der Waals surface area contributed by atoms with Crippen LogP contribution >= 0.6 is 11.3 Å². The number of benzene rings is 1. The molecule has 16 heavy (non-hydrogen) atoms. The Balaban J connectivity index is 2.12. The second-order valence-corrected chi connectivity index (χ2v) is 4.38. The molecule has 1 atom stereocenters. The minimum absolute atomic E-state index is 0.210. The third-order valence-corrected chi connectivity index (χ3v) is 3.21. The van der Waals surface area contributed by atoms with Gasteiger partial charge in [0.2, 0.25) is 0 Å². The summed E-state index contributed by atoms with van der Waals surface area (Å²) in [5.41, 5.74) is 3.45. The minimum Gasteiger partial charge on any atom is -0.378 e. The number of aromatic nitrogens is 1. The van der Waals surface area contributed by atoms with Crippen molar-refractivity contribution in [3.05, 3.63) is 46.4 Å². The Bertz CT molecular complexity index is 499. The standard InChI is InChI=1S/C12H11N3S/c1-9(12-7-14-8-16-12)15-11-4-2-3-10(5-11)6-13/h2-5,7-9,15H,1H3. The van der Waals surface area contributed by atoms with Crippen LogP contribution in [0.2, 0.25) is 0 Å². The molecule has 0 fully saturated rings. The van der Waals surface area contributed by atoms with Gasteiger partial charge in [-0.3, -0.25) is 4.98 Å². The van der Waals surface area contributed by atoms with Crippen molar-refractivity contribution in [1.29, 1.82) is 5.26 Å². The molecule has 0 bridgehead atoms. The van der Waals surface area contributed by atoms with Crippen molar-refractivity contribution in [3.8, 4) is 6.07 Å². The first kappa shape index (κ1) is 10.7. The molecule has 3 nitrogen and oxygen atoms in total. The molecule has 1 aromatic carbocycles. The van der Waals surface area contributed by atoms with E-state index in [-0.39, 0.29) is 6.04 Å². The Morgan fingerprint density at radius 3 is 3.06 bits per heavy atom. The molecule has 80 valence electrons. The van der Waals surface area contributed by atoms with Gasteiger partial charge in [0.05, 0.1) is 23.2 Å². The van der Waals surface area contributed by atoms with Gasteiger partial charge in [-0.05, 0) is 25.1 Å². The third-order valence-electron chi connectivity index (χ3n) is 2.25. The van der Waals surface area contributed by atoms with Crippen LogP contribution in [0.25, 0.3) is 0 Å². The van der Waals surface area contributed by atoms with Crippen molar-refractivity contribution in [2.75, 3.05) is 5.32 Å². The normalized spacial score (nSPS) is 11.8. The zero-order valence-corrected chi connectivity index (χ0v) is 9.66. The molecule has 0 radical (unpaired) electrons. The first-order valence-electron chi connectivity index (χ1n) is 4.94. The highest BCUT2D eigenvalue weighted by atomic mass is 32.1. The number of rotatable bonds is 3.